The Balaban J connectivity index is 1.64. The van der Waals surface area contributed by atoms with Crippen molar-refractivity contribution in [1.82, 2.24) is 19.4 Å². The number of aromatic nitrogens is 2. The van der Waals surface area contributed by atoms with Crippen molar-refractivity contribution in [3.05, 3.63) is 33.8 Å². The van der Waals surface area contributed by atoms with E-state index in [0.717, 1.165) is 30.7 Å². The van der Waals surface area contributed by atoms with Gasteiger partial charge in [0.2, 0.25) is 10.0 Å². The highest BCUT2D eigenvalue weighted by atomic mass is 32.2. The molecule has 1 fully saturated rings. The van der Waals surface area contributed by atoms with Gasteiger partial charge >= 0.3 is 0 Å². The molecule has 0 bridgehead atoms. The lowest BCUT2D eigenvalue weighted by atomic mass is 10.2. The molecule has 0 aromatic carbocycles. The molecule has 28 heavy (non-hydrogen) atoms. The molecule has 1 amide bonds. The number of thiophene rings is 1. The predicted octanol–water partition coefficient (Wildman–Crippen LogP) is 2.80. The fourth-order valence-corrected chi connectivity index (χ4v) is 6.31. The highest BCUT2D eigenvalue weighted by Gasteiger charge is 2.31. The van der Waals surface area contributed by atoms with Gasteiger partial charge in [-0.2, -0.15) is 9.40 Å². The number of carbonyl (C=O) groups is 1. The molecule has 1 atom stereocenters. The quantitative estimate of drug-likeness (QED) is 0.741. The van der Waals surface area contributed by atoms with Gasteiger partial charge in [-0.1, -0.05) is 13.3 Å². The van der Waals surface area contributed by atoms with Crippen molar-refractivity contribution in [2.75, 3.05) is 19.6 Å². The van der Waals surface area contributed by atoms with E-state index in [4.69, 9.17) is 0 Å². The molecule has 3 rings (SSSR count). The summed E-state index contributed by atoms with van der Waals surface area (Å²) in [5.74, 6) is -0.158. The Morgan fingerprint density at radius 1 is 1.29 bits per heavy atom. The third-order valence-corrected chi connectivity index (χ3v) is 7.95. The van der Waals surface area contributed by atoms with Crippen molar-refractivity contribution in [2.24, 2.45) is 5.92 Å². The van der Waals surface area contributed by atoms with Gasteiger partial charge in [0, 0.05) is 31.9 Å². The van der Waals surface area contributed by atoms with Gasteiger partial charge in [-0.05, 0) is 50.1 Å². The number of piperidine rings is 1. The molecule has 1 aliphatic heterocycles. The van der Waals surface area contributed by atoms with E-state index < -0.39 is 10.0 Å². The van der Waals surface area contributed by atoms with Gasteiger partial charge in [-0.3, -0.25) is 9.48 Å². The van der Waals surface area contributed by atoms with Crippen LogP contribution in [-0.4, -0.2) is 48.0 Å². The van der Waals surface area contributed by atoms with Gasteiger partial charge in [-0.15, -0.1) is 11.3 Å². The molecule has 0 spiro atoms. The maximum absolute atomic E-state index is 12.9. The van der Waals surface area contributed by atoms with E-state index in [2.05, 4.69) is 10.4 Å². The van der Waals surface area contributed by atoms with Crippen LogP contribution in [0.2, 0.25) is 0 Å². The van der Waals surface area contributed by atoms with E-state index in [0.29, 0.717) is 26.2 Å². The van der Waals surface area contributed by atoms with E-state index in [1.807, 2.05) is 31.5 Å². The van der Waals surface area contributed by atoms with E-state index in [9.17, 15) is 13.2 Å². The standard InChI is InChI=1S/C19H28N4O3S2/c1-14(13-23-16(3)11-15(2)21-23)12-20-19(24)18-17(7-10-27-18)28(25,26)22-8-5-4-6-9-22/h7,10-11,14H,4-6,8-9,12-13H2,1-3H3,(H,20,24). The maximum atomic E-state index is 12.9. The topological polar surface area (TPSA) is 84.3 Å². The largest absolute Gasteiger partial charge is 0.351 e. The Morgan fingerprint density at radius 2 is 2.00 bits per heavy atom. The van der Waals surface area contributed by atoms with Crippen molar-refractivity contribution < 1.29 is 13.2 Å². The first kappa shape index (κ1) is 21.0. The van der Waals surface area contributed by atoms with E-state index >= 15 is 0 Å². The zero-order valence-electron chi connectivity index (χ0n) is 16.6. The van der Waals surface area contributed by atoms with Gasteiger partial charge in [0.25, 0.3) is 5.91 Å². The van der Waals surface area contributed by atoms with Crippen molar-refractivity contribution in [3.63, 3.8) is 0 Å². The second-order valence-electron chi connectivity index (χ2n) is 7.50. The SMILES string of the molecule is Cc1cc(C)n(CC(C)CNC(=O)c2sccc2S(=O)(=O)N2CCCCC2)n1. The molecule has 2 aromatic rings. The lowest BCUT2D eigenvalue weighted by Crippen LogP contribution is -2.37. The lowest BCUT2D eigenvalue weighted by Gasteiger charge is -2.25. The number of amides is 1. The number of carbonyl (C=O) groups excluding carboxylic acids is 1. The average Bonchev–Trinajstić information content (AvgIpc) is 3.27. The number of rotatable bonds is 7. The van der Waals surface area contributed by atoms with Crippen LogP contribution in [0.1, 0.15) is 47.2 Å². The minimum Gasteiger partial charge on any atom is -0.351 e. The Morgan fingerprint density at radius 3 is 2.64 bits per heavy atom. The summed E-state index contributed by atoms with van der Waals surface area (Å²) in [4.78, 5) is 13.1. The average molecular weight is 425 g/mol. The summed E-state index contributed by atoms with van der Waals surface area (Å²) in [6.45, 7) is 8.21. The highest BCUT2D eigenvalue weighted by Crippen LogP contribution is 2.27. The van der Waals surface area contributed by atoms with Crippen LogP contribution in [0.15, 0.2) is 22.4 Å². The summed E-state index contributed by atoms with van der Waals surface area (Å²) in [6.07, 6.45) is 2.79. The summed E-state index contributed by atoms with van der Waals surface area (Å²) < 4.78 is 29.3. The Hall–Kier alpha value is -1.71. The molecule has 1 unspecified atom stereocenters. The number of hydrogen-bond acceptors (Lipinski definition) is 5. The maximum Gasteiger partial charge on any atom is 0.262 e. The van der Waals surface area contributed by atoms with Crippen molar-refractivity contribution in [2.45, 2.75) is 51.5 Å². The summed E-state index contributed by atoms with van der Waals surface area (Å²) >= 11 is 1.17. The highest BCUT2D eigenvalue weighted by molar-refractivity contribution is 7.89. The second kappa shape index (κ2) is 8.75. The van der Waals surface area contributed by atoms with Crippen LogP contribution in [0.3, 0.4) is 0 Å². The van der Waals surface area contributed by atoms with Crippen molar-refractivity contribution >= 4 is 27.3 Å². The minimum atomic E-state index is -3.62. The normalized spacial score (nSPS) is 16.8. The molecule has 2 aromatic heterocycles. The second-order valence-corrected chi connectivity index (χ2v) is 10.3. The molecule has 0 saturated carbocycles. The summed E-state index contributed by atoms with van der Waals surface area (Å²) in [7, 11) is -3.62. The fraction of sp³-hybridized carbons (Fsp3) is 0.579. The van der Waals surface area contributed by atoms with Gasteiger partial charge in [0.1, 0.15) is 9.77 Å². The molecule has 1 saturated heterocycles. The zero-order valence-corrected chi connectivity index (χ0v) is 18.3. The first-order valence-corrected chi connectivity index (χ1v) is 12.0. The number of sulfonamides is 1. The number of nitrogens with zero attached hydrogens (tertiary/aromatic N) is 3. The van der Waals surface area contributed by atoms with Crippen LogP contribution >= 0.6 is 11.3 Å². The van der Waals surface area contributed by atoms with Crippen LogP contribution in [0.5, 0.6) is 0 Å². The minimum absolute atomic E-state index is 0.128. The van der Waals surface area contributed by atoms with Crippen molar-refractivity contribution in [1.29, 1.82) is 0 Å². The van der Waals surface area contributed by atoms with E-state index in [1.165, 1.54) is 15.6 Å². The van der Waals surface area contributed by atoms with Gasteiger partial charge in [-0.25, -0.2) is 8.42 Å². The van der Waals surface area contributed by atoms with Crippen LogP contribution in [0.25, 0.3) is 0 Å². The molecule has 0 aliphatic carbocycles. The molecule has 154 valence electrons. The Bertz CT molecular complexity index is 927. The monoisotopic (exact) mass is 424 g/mol. The summed E-state index contributed by atoms with van der Waals surface area (Å²) in [5, 5.41) is 9.01. The van der Waals surface area contributed by atoms with Crippen LogP contribution in [0.4, 0.5) is 0 Å². The molecule has 0 radical (unpaired) electrons. The van der Waals surface area contributed by atoms with Crippen molar-refractivity contribution in [3.8, 4) is 0 Å². The third-order valence-electron chi connectivity index (χ3n) is 4.97. The zero-order chi connectivity index (χ0) is 20.3. The smallest absolute Gasteiger partial charge is 0.262 e. The predicted molar refractivity (Wildman–Crippen MR) is 110 cm³/mol. The van der Waals surface area contributed by atoms with Gasteiger partial charge in [0.05, 0.1) is 5.69 Å². The van der Waals surface area contributed by atoms with Crippen LogP contribution in [-0.2, 0) is 16.6 Å². The summed E-state index contributed by atoms with van der Waals surface area (Å²) in [5.41, 5.74) is 2.06. The van der Waals surface area contributed by atoms with E-state index in [1.54, 1.807) is 11.4 Å². The Kier molecular flexibility index (Phi) is 6.57. The first-order valence-electron chi connectivity index (χ1n) is 9.66. The molecule has 1 aliphatic rings. The molecule has 1 N–H and O–H groups in total. The first-order chi connectivity index (χ1) is 13.3. The van der Waals surface area contributed by atoms with Gasteiger partial charge in [0.15, 0.2) is 0 Å². The summed E-state index contributed by atoms with van der Waals surface area (Å²) in [6, 6.07) is 3.57. The lowest BCUT2D eigenvalue weighted by molar-refractivity contribution is 0.0947. The molecule has 3 heterocycles. The number of nitrogens with one attached hydrogen (secondary N) is 1. The fourth-order valence-electron chi connectivity index (χ4n) is 3.48. The molecular formula is C19H28N4O3S2. The number of hydrogen-bond donors (Lipinski definition) is 1. The van der Waals surface area contributed by atoms with E-state index in [-0.39, 0.29) is 21.6 Å². The molecule has 9 heteroatoms. The van der Waals surface area contributed by atoms with Crippen LogP contribution in [0, 0.1) is 19.8 Å². The molecular weight excluding hydrogens is 396 g/mol. The molecule has 7 nitrogen and oxygen atoms in total. The Labute approximate surface area is 170 Å². The number of aryl methyl sites for hydroxylation is 2. The van der Waals surface area contributed by atoms with Crippen LogP contribution < -0.4 is 5.32 Å². The van der Waals surface area contributed by atoms with Gasteiger partial charge < -0.3 is 5.32 Å². The third kappa shape index (κ3) is 4.64.